The molecule has 0 saturated carbocycles. The first-order valence-electron chi connectivity index (χ1n) is 6.15. The van der Waals surface area contributed by atoms with Crippen molar-refractivity contribution < 1.29 is 4.39 Å². The fraction of sp³-hybridized carbons (Fsp3) is 0.0667. The second kappa shape index (κ2) is 5.02. The van der Waals surface area contributed by atoms with E-state index in [2.05, 4.69) is 4.98 Å². The van der Waals surface area contributed by atoms with Crippen LogP contribution in [0.15, 0.2) is 48.7 Å². The maximum absolute atomic E-state index is 13.4. The lowest BCUT2D eigenvalue weighted by atomic mass is 10.1. The lowest BCUT2D eigenvalue weighted by Gasteiger charge is -2.03. The van der Waals surface area contributed by atoms with Crippen LogP contribution in [-0.4, -0.2) is 14.4 Å². The van der Waals surface area contributed by atoms with E-state index < -0.39 is 0 Å². The van der Waals surface area contributed by atoms with Gasteiger partial charge in [0.15, 0.2) is 0 Å². The number of fused-ring (bicyclic) bond motifs is 1. The number of nitrogens with two attached hydrogens (primary N) is 1. The molecule has 3 nitrogen and oxygen atoms in total. The Morgan fingerprint density at radius 2 is 1.95 bits per heavy atom. The molecular weight excluding hydrogens is 273 g/mol. The van der Waals surface area contributed by atoms with Gasteiger partial charge in [-0.25, -0.2) is 9.37 Å². The van der Waals surface area contributed by atoms with Gasteiger partial charge in [0.1, 0.15) is 22.1 Å². The maximum atomic E-state index is 13.4. The minimum Gasteiger partial charge on any atom is -0.388 e. The van der Waals surface area contributed by atoms with Crippen LogP contribution in [0.5, 0.6) is 0 Å². The zero-order chi connectivity index (χ0) is 14.1. The van der Waals surface area contributed by atoms with Crippen molar-refractivity contribution in [1.29, 1.82) is 0 Å². The Labute approximate surface area is 120 Å². The molecule has 0 spiro atoms. The molecule has 3 rings (SSSR count). The van der Waals surface area contributed by atoms with Gasteiger partial charge in [-0.05, 0) is 17.7 Å². The van der Waals surface area contributed by atoms with Gasteiger partial charge < -0.3 is 5.73 Å². The van der Waals surface area contributed by atoms with Gasteiger partial charge in [0, 0.05) is 12.6 Å². The molecule has 0 bridgehead atoms. The van der Waals surface area contributed by atoms with Gasteiger partial charge in [0.2, 0.25) is 0 Å². The summed E-state index contributed by atoms with van der Waals surface area (Å²) in [6.45, 7) is 0. The van der Waals surface area contributed by atoms with E-state index in [9.17, 15) is 4.39 Å². The molecule has 5 heteroatoms. The topological polar surface area (TPSA) is 43.3 Å². The molecule has 0 aliphatic heterocycles. The first-order valence-corrected chi connectivity index (χ1v) is 6.56. The third-order valence-electron chi connectivity index (χ3n) is 3.10. The third kappa shape index (κ3) is 2.28. The molecule has 100 valence electrons. The molecule has 20 heavy (non-hydrogen) atoms. The van der Waals surface area contributed by atoms with E-state index >= 15 is 0 Å². The van der Waals surface area contributed by atoms with Crippen LogP contribution in [0.4, 0.5) is 4.39 Å². The minimum atomic E-state index is -0.348. The standard InChI is InChI=1S/C15H12FN3S/c16-11-6-7-13-18-12(8-10-4-2-1-3-5-10)14(15(17)20)19(13)9-11/h1-7,9H,8H2,(H2,17,20). The summed E-state index contributed by atoms with van der Waals surface area (Å²) in [6, 6.07) is 12.9. The number of hydrogen-bond acceptors (Lipinski definition) is 2. The lowest BCUT2D eigenvalue weighted by molar-refractivity contribution is 0.619. The molecule has 0 aliphatic carbocycles. The lowest BCUT2D eigenvalue weighted by Crippen LogP contribution is -2.15. The number of hydrogen-bond donors (Lipinski definition) is 1. The number of benzene rings is 1. The monoisotopic (exact) mass is 285 g/mol. The van der Waals surface area contributed by atoms with E-state index in [1.807, 2.05) is 30.3 Å². The number of rotatable bonds is 3. The van der Waals surface area contributed by atoms with Crippen LogP contribution < -0.4 is 5.73 Å². The smallest absolute Gasteiger partial charge is 0.139 e. The quantitative estimate of drug-likeness (QED) is 0.752. The van der Waals surface area contributed by atoms with Crippen molar-refractivity contribution in [2.24, 2.45) is 5.73 Å². The fourth-order valence-corrected chi connectivity index (χ4v) is 2.46. The number of thiocarbonyl (C=S) groups is 1. The molecule has 2 N–H and O–H groups in total. The number of imidazole rings is 1. The van der Waals surface area contributed by atoms with Crippen LogP contribution in [0.2, 0.25) is 0 Å². The van der Waals surface area contributed by atoms with Crippen LogP contribution in [0.1, 0.15) is 17.0 Å². The van der Waals surface area contributed by atoms with Gasteiger partial charge in [-0.2, -0.15) is 0 Å². The highest BCUT2D eigenvalue weighted by Gasteiger charge is 2.15. The van der Waals surface area contributed by atoms with Gasteiger partial charge in [-0.3, -0.25) is 4.40 Å². The highest BCUT2D eigenvalue weighted by molar-refractivity contribution is 7.80. The molecule has 1 aromatic carbocycles. The number of pyridine rings is 1. The van der Waals surface area contributed by atoms with Crippen LogP contribution >= 0.6 is 12.2 Å². The molecule has 0 radical (unpaired) electrons. The molecule has 2 aromatic heterocycles. The van der Waals surface area contributed by atoms with Crippen molar-refractivity contribution in [2.75, 3.05) is 0 Å². The summed E-state index contributed by atoms with van der Waals surface area (Å²) in [5, 5.41) is 0. The van der Waals surface area contributed by atoms with E-state index in [1.165, 1.54) is 12.3 Å². The van der Waals surface area contributed by atoms with Crippen molar-refractivity contribution in [2.45, 2.75) is 6.42 Å². The zero-order valence-corrected chi connectivity index (χ0v) is 11.4. The zero-order valence-electron chi connectivity index (χ0n) is 10.6. The fourth-order valence-electron chi connectivity index (χ4n) is 2.24. The molecule has 0 fully saturated rings. The average Bonchev–Trinajstić information content (AvgIpc) is 2.77. The molecule has 3 aromatic rings. The highest BCUT2D eigenvalue weighted by atomic mass is 32.1. The molecule has 0 saturated heterocycles. The van der Waals surface area contributed by atoms with E-state index in [-0.39, 0.29) is 10.8 Å². The van der Waals surface area contributed by atoms with Crippen molar-refractivity contribution in [3.05, 3.63) is 71.4 Å². The molecule has 0 unspecified atom stereocenters. The molecule has 0 amide bonds. The first-order chi connectivity index (χ1) is 9.65. The van der Waals surface area contributed by atoms with Gasteiger partial charge in [0.25, 0.3) is 0 Å². The second-order valence-corrected chi connectivity index (χ2v) is 4.95. The van der Waals surface area contributed by atoms with Crippen LogP contribution in [0.25, 0.3) is 5.65 Å². The Balaban J connectivity index is 2.15. The summed E-state index contributed by atoms with van der Waals surface area (Å²) in [6.07, 6.45) is 1.96. The van der Waals surface area contributed by atoms with Crippen molar-refractivity contribution in [1.82, 2.24) is 9.38 Å². The van der Waals surface area contributed by atoms with Gasteiger partial charge in [-0.1, -0.05) is 42.5 Å². The van der Waals surface area contributed by atoms with Gasteiger partial charge in [0.05, 0.1) is 5.69 Å². The number of halogens is 1. The predicted octanol–water partition coefficient (Wildman–Crippen LogP) is 2.70. The summed E-state index contributed by atoms with van der Waals surface area (Å²) in [5.41, 5.74) is 8.88. The molecule has 0 atom stereocenters. The molecule has 2 heterocycles. The van der Waals surface area contributed by atoms with Crippen LogP contribution in [-0.2, 0) is 6.42 Å². The Kier molecular flexibility index (Phi) is 3.20. The normalized spacial score (nSPS) is 10.8. The van der Waals surface area contributed by atoms with E-state index in [0.29, 0.717) is 17.8 Å². The maximum Gasteiger partial charge on any atom is 0.139 e. The van der Waals surface area contributed by atoms with E-state index in [4.69, 9.17) is 18.0 Å². The average molecular weight is 285 g/mol. The summed E-state index contributed by atoms with van der Waals surface area (Å²) >= 11 is 5.08. The summed E-state index contributed by atoms with van der Waals surface area (Å²) < 4.78 is 15.0. The van der Waals surface area contributed by atoms with E-state index in [1.54, 1.807) is 10.5 Å². The summed E-state index contributed by atoms with van der Waals surface area (Å²) in [7, 11) is 0. The summed E-state index contributed by atoms with van der Waals surface area (Å²) in [5.74, 6) is -0.348. The van der Waals surface area contributed by atoms with Crippen LogP contribution in [0, 0.1) is 5.82 Å². The van der Waals surface area contributed by atoms with Gasteiger partial charge >= 0.3 is 0 Å². The number of nitrogens with zero attached hydrogens (tertiary/aromatic N) is 2. The van der Waals surface area contributed by atoms with Gasteiger partial charge in [-0.15, -0.1) is 0 Å². The second-order valence-electron chi connectivity index (χ2n) is 4.51. The molecular formula is C15H12FN3S. The van der Waals surface area contributed by atoms with Crippen molar-refractivity contribution in [3.8, 4) is 0 Å². The first kappa shape index (κ1) is 12.7. The Morgan fingerprint density at radius 3 is 2.65 bits per heavy atom. The largest absolute Gasteiger partial charge is 0.388 e. The SMILES string of the molecule is NC(=S)c1c(Cc2ccccc2)nc2ccc(F)cn12. The molecule has 0 aliphatic rings. The van der Waals surface area contributed by atoms with Crippen LogP contribution in [0.3, 0.4) is 0 Å². The Bertz CT molecular complexity index is 780. The Hall–Kier alpha value is -2.27. The number of aromatic nitrogens is 2. The van der Waals surface area contributed by atoms with Crippen molar-refractivity contribution >= 4 is 22.9 Å². The predicted molar refractivity (Wildman–Crippen MR) is 80.3 cm³/mol. The minimum absolute atomic E-state index is 0.217. The third-order valence-corrected chi connectivity index (χ3v) is 3.30. The highest BCUT2D eigenvalue weighted by Crippen LogP contribution is 2.17. The summed E-state index contributed by atoms with van der Waals surface area (Å²) in [4.78, 5) is 4.72. The Morgan fingerprint density at radius 1 is 1.20 bits per heavy atom. The van der Waals surface area contributed by atoms with Crippen molar-refractivity contribution in [3.63, 3.8) is 0 Å². The van der Waals surface area contributed by atoms with E-state index in [0.717, 1.165) is 11.3 Å².